The van der Waals surface area contributed by atoms with E-state index in [2.05, 4.69) is 13.8 Å². The van der Waals surface area contributed by atoms with Gasteiger partial charge in [0.15, 0.2) is 11.6 Å². The second kappa shape index (κ2) is 5.64. The van der Waals surface area contributed by atoms with Crippen molar-refractivity contribution < 1.29 is 14.7 Å². The molecule has 0 aliphatic heterocycles. The van der Waals surface area contributed by atoms with Crippen LogP contribution in [0.5, 0.6) is 0 Å². The van der Waals surface area contributed by atoms with Crippen LogP contribution < -0.4 is 0 Å². The highest BCUT2D eigenvalue weighted by Gasteiger charge is 2.62. The normalized spacial score (nSPS) is 41.6. The van der Waals surface area contributed by atoms with Crippen LogP contribution >= 0.6 is 0 Å². The van der Waals surface area contributed by atoms with E-state index in [1.165, 1.54) is 11.1 Å². The molecule has 0 aromatic carbocycles. The predicted molar refractivity (Wildman–Crippen MR) is 96.9 cm³/mol. The van der Waals surface area contributed by atoms with Crippen LogP contribution in [-0.4, -0.2) is 22.8 Å². The monoisotopic (exact) mass is 342 g/mol. The highest BCUT2D eigenvalue weighted by molar-refractivity contribution is 5.93. The van der Waals surface area contributed by atoms with E-state index in [0.717, 1.165) is 44.9 Å². The molecular weight excluding hydrogens is 312 g/mol. The number of allylic oxidation sites excluding steroid dienone is 4. The van der Waals surface area contributed by atoms with E-state index >= 15 is 0 Å². The van der Waals surface area contributed by atoms with Gasteiger partial charge in [0.25, 0.3) is 0 Å². The number of aliphatic hydroxyl groups excluding tert-OH is 1. The van der Waals surface area contributed by atoms with Crippen molar-refractivity contribution in [1.29, 1.82) is 0 Å². The van der Waals surface area contributed by atoms with Crippen LogP contribution in [0.4, 0.5) is 0 Å². The van der Waals surface area contributed by atoms with Gasteiger partial charge in [-0.2, -0.15) is 0 Å². The van der Waals surface area contributed by atoms with Gasteiger partial charge in [0.1, 0.15) is 6.10 Å². The number of hydrogen-bond donors (Lipinski definition) is 1. The van der Waals surface area contributed by atoms with Crippen LogP contribution in [0.2, 0.25) is 0 Å². The summed E-state index contributed by atoms with van der Waals surface area (Å²) >= 11 is 0. The van der Waals surface area contributed by atoms with Crippen molar-refractivity contribution in [2.75, 3.05) is 0 Å². The molecule has 0 bridgehead atoms. The molecule has 0 spiro atoms. The fraction of sp³-hybridized carbons (Fsp3) is 0.727. The Morgan fingerprint density at radius 1 is 1.16 bits per heavy atom. The molecule has 4 aliphatic carbocycles. The smallest absolute Gasteiger partial charge is 0.167 e. The molecule has 0 radical (unpaired) electrons. The molecule has 5 atom stereocenters. The van der Waals surface area contributed by atoms with E-state index < -0.39 is 11.5 Å². The van der Waals surface area contributed by atoms with E-state index in [9.17, 15) is 14.7 Å². The third-order valence-corrected chi connectivity index (χ3v) is 8.26. The zero-order valence-corrected chi connectivity index (χ0v) is 15.7. The predicted octanol–water partition coefficient (Wildman–Crippen LogP) is 4.15. The summed E-state index contributed by atoms with van der Waals surface area (Å²) in [4.78, 5) is 24.6. The second-order valence-corrected chi connectivity index (χ2v) is 9.22. The van der Waals surface area contributed by atoms with Crippen molar-refractivity contribution in [3.63, 3.8) is 0 Å². The lowest BCUT2D eigenvalue weighted by Gasteiger charge is -2.52. The molecule has 0 aromatic rings. The SMILES string of the molecule is C[C@H](O)C(=O)[C@@]1(C)CCC2C3CCC4=CC(=O)CCC4=C3CC[C@@]21C. The summed E-state index contributed by atoms with van der Waals surface area (Å²) < 4.78 is 0. The van der Waals surface area contributed by atoms with Crippen LogP contribution in [0, 0.1) is 22.7 Å². The van der Waals surface area contributed by atoms with Crippen molar-refractivity contribution in [1.82, 2.24) is 0 Å². The number of carbonyl (C=O) groups excluding carboxylic acids is 2. The summed E-state index contributed by atoms with van der Waals surface area (Å²) in [7, 11) is 0. The third kappa shape index (κ3) is 2.27. The van der Waals surface area contributed by atoms with Crippen molar-refractivity contribution in [3.8, 4) is 0 Å². The Labute approximate surface area is 150 Å². The number of aliphatic hydroxyl groups is 1. The zero-order valence-electron chi connectivity index (χ0n) is 15.7. The third-order valence-electron chi connectivity index (χ3n) is 8.26. The van der Waals surface area contributed by atoms with E-state index in [4.69, 9.17) is 0 Å². The van der Waals surface area contributed by atoms with E-state index in [-0.39, 0.29) is 17.0 Å². The van der Waals surface area contributed by atoms with Crippen molar-refractivity contribution in [2.24, 2.45) is 22.7 Å². The fourth-order valence-corrected chi connectivity index (χ4v) is 6.67. The lowest BCUT2D eigenvalue weighted by Crippen LogP contribution is -2.50. The largest absolute Gasteiger partial charge is 0.386 e. The molecular formula is C22H30O3. The maximum atomic E-state index is 12.8. The first kappa shape index (κ1) is 17.2. The molecule has 4 rings (SSSR count). The highest BCUT2D eigenvalue weighted by Crippen LogP contribution is 2.67. The first-order chi connectivity index (χ1) is 11.8. The maximum absolute atomic E-state index is 12.8. The average Bonchev–Trinajstić information content (AvgIpc) is 2.86. The molecule has 0 saturated heterocycles. The van der Waals surface area contributed by atoms with Crippen LogP contribution in [0.3, 0.4) is 0 Å². The van der Waals surface area contributed by atoms with Gasteiger partial charge in [-0.05, 0) is 86.3 Å². The fourth-order valence-electron chi connectivity index (χ4n) is 6.67. The first-order valence-corrected chi connectivity index (χ1v) is 9.96. The Morgan fingerprint density at radius 2 is 1.92 bits per heavy atom. The summed E-state index contributed by atoms with van der Waals surface area (Å²) in [5, 5.41) is 9.96. The maximum Gasteiger partial charge on any atom is 0.167 e. The summed E-state index contributed by atoms with van der Waals surface area (Å²) in [6.07, 6.45) is 8.82. The van der Waals surface area contributed by atoms with Gasteiger partial charge in [0.2, 0.25) is 0 Å². The molecule has 136 valence electrons. The zero-order chi connectivity index (χ0) is 18.0. The molecule has 2 saturated carbocycles. The van der Waals surface area contributed by atoms with Gasteiger partial charge in [-0.25, -0.2) is 0 Å². The number of carbonyl (C=O) groups is 2. The Bertz CT molecular complexity index is 698. The van der Waals surface area contributed by atoms with Crippen LogP contribution in [0.1, 0.15) is 72.1 Å². The number of ketones is 2. The summed E-state index contributed by atoms with van der Waals surface area (Å²) in [5.74, 6) is 1.43. The molecule has 2 fully saturated rings. The van der Waals surface area contributed by atoms with E-state index in [1.54, 1.807) is 12.5 Å². The lowest BCUT2D eigenvalue weighted by atomic mass is 9.51. The Kier molecular flexibility index (Phi) is 3.88. The summed E-state index contributed by atoms with van der Waals surface area (Å²) in [5.41, 5.74) is 3.96. The quantitative estimate of drug-likeness (QED) is 0.820. The topological polar surface area (TPSA) is 54.4 Å². The summed E-state index contributed by atoms with van der Waals surface area (Å²) in [6.45, 7) is 6.03. The number of fused-ring (bicyclic) bond motifs is 4. The lowest BCUT2D eigenvalue weighted by molar-refractivity contribution is -0.144. The van der Waals surface area contributed by atoms with Crippen molar-refractivity contribution in [2.45, 2.75) is 78.2 Å². The van der Waals surface area contributed by atoms with E-state index in [1.807, 2.05) is 6.08 Å². The molecule has 1 N–H and O–H groups in total. The van der Waals surface area contributed by atoms with Crippen molar-refractivity contribution >= 4 is 11.6 Å². The molecule has 2 unspecified atom stereocenters. The number of rotatable bonds is 2. The van der Waals surface area contributed by atoms with Crippen LogP contribution in [-0.2, 0) is 9.59 Å². The number of hydrogen-bond acceptors (Lipinski definition) is 3. The number of Topliss-reactive ketones (excluding diaryl/α,β-unsaturated/α-hetero) is 1. The Balaban J connectivity index is 1.72. The molecule has 0 aromatic heterocycles. The molecule has 4 aliphatic rings. The molecule has 3 heteroatoms. The van der Waals surface area contributed by atoms with Gasteiger partial charge in [-0.15, -0.1) is 0 Å². The van der Waals surface area contributed by atoms with Gasteiger partial charge in [-0.3, -0.25) is 9.59 Å². The standard InChI is InChI=1S/C22H30O3/c1-13(23)20(25)22(3)11-9-19-18-6-4-14-12-15(24)5-7-16(14)17(18)8-10-21(19,22)2/h12-13,18-19,23H,4-11H2,1-3H3/t13-,18?,19?,21-,22+/m0/s1. The van der Waals surface area contributed by atoms with Crippen LogP contribution in [0.25, 0.3) is 0 Å². The second-order valence-electron chi connectivity index (χ2n) is 9.22. The average molecular weight is 342 g/mol. The molecule has 25 heavy (non-hydrogen) atoms. The summed E-state index contributed by atoms with van der Waals surface area (Å²) in [6, 6.07) is 0. The molecule has 0 heterocycles. The van der Waals surface area contributed by atoms with Crippen LogP contribution in [0.15, 0.2) is 22.8 Å². The van der Waals surface area contributed by atoms with Gasteiger partial charge in [-0.1, -0.05) is 19.4 Å². The van der Waals surface area contributed by atoms with Gasteiger partial charge >= 0.3 is 0 Å². The highest BCUT2D eigenvalue weighted by atomic mass is 16.3. The minimum atomic E-state index is -0.870. The van der Waals surface area contributed by atoms with Gasteiger partial charge in [0.05, 0.1) is 0 Å². The minimum Gasteiger partial charge on any atom is -0.386 e. The van der Waals surface area contributed by atoms with Gasteiger partial charge in [0, 0.05) is 11.8 Å². The minimum absolute atomic E-state index is 0.0124. The molecule has 0 amide bonds. The van der Waals surface area contributed by atoms with E-state index in [0.29, 0.717) is 18.3 Å². The first-order valence-electron chi connectivity index (χ1n) is 9.96. The molecule has 3 nitrogen and oxygen atoms in total. The Hall–Kier alpha value is -1.22. The van der Waals surface area contributed by atoms with Crippen molar-refractivity contribution in [3.05, 3.63) is 22.8 Å². The van der Waals surface area contributed by atoms with Gasteiger partial charge < -0.3 is 5.11 Å². The Morgan fingerprint density at radius 3 is 2.64 bits per heavy atom.